The molecule has 1 unspecified atom stereocenters. The highest BCUT2D eigenvalue weighted by molar-refractivity contribution is 9.10. The lowest BCUT2D eigenvalue weighted by molar-refractivity contribution is 0.539. The highest BCUT2D eigenvalue weighted by atomic mass is 79.9. The number of rotatable bonds is 5. The summed E-state index contributed by atoms with van der Waals surface area (Å²) in [5.41, 5.74) is 0. The third-order valence-corrected chi connectivity index (χ3v) is 5.82. The van der Waals surface area contributed by atoms with Gasteiger partial charge in [-0.2, -0.15) is 0 Å². The molecular formula is C12H16BrClN2O2S. The summed E-state index contributed by atoms with van der Waals surface area (Å²) in [5.74, 6) is 0. The van der Waals surface area contributed by atoms with Gasteiger partial charge in [0.25, 0.3) is 0 Å². The highest BCUT2D eigenvalue weighted by Crippen LogP contribution is 2.25. The van der Waals surface area contributed by atoms with Crippen molar-refractivity contribution in [3.8, 4) is 0 Å². The fourth-order valence-corrected chi connectivity index (χ4v) is 3.82. The molecule has 0 saturated carbocycles. The van der Waals surface area contributed by atoms with Gasteiger partial charge in [-0.15, -0.1) is 0 Å². The molecule has 1 fully saturated rings. The van der Waals surface area contributed by atoms with Crippen LogP contribution in [0, 0.1) is 0 Å². The van der Waals surface area contributed by atoms with Gasteiger partial charge in [-0.05, 0) is 59.9 Å². The predicted octanol–water partition coefficient (Wildman–Crippen LogP) is 2.52. The Morgan fingerprint density at radius 3 is 2.89 bits per heavy atom. The van der Waals surface area contributed by atoms with Gasteiger partial charge < -0.3 is 5.32 Å². The number of nitrogens with one attached hydrogen (secondary N) is 2. The molecule has 1 aromatic rings. The molecule has 106 valence electrons. The third-order valence-electron chi connectivity index (χ3n) is 3.15. The Kier molecular flexibility index (Phi) is 5.25. The molecule has 0 aromatic heterocycles. The molecule has 0 amide bonds. The lowest BCUT2D eigenvalue weighted by Gasteiger charge is -2.11. The first-order chi connectivity index (χ1) is 8.99. The van der Waals surface area contributed by atoms with Crippen LogP contribution in [-0.2, 0) is 10.0 Å². The monoisotopic (exact) mass is 366 g/mol. The maximum absolute atomic E-state index is 12.1. The van der Waals surface area contributed by atoms with Crippen molar-refractivity contribution in [1.29, 1.82) is 0 Å². The number of sulfonamides is 1. The topological polar surface area (TPSA) is 58.2 Å². The average Bonchev–Trinajstić information content (AvgIpc) is 2.85. The van der Waals surface area contributed by atoms with Crippen molar-refractivity contribution in [2.45, 2.75) is 30.2 Å². The van der Waals surface area contributed by atoms with Gasteiger partial charge >= 0.3 is 0 Å². The van der Waals surface area contributed by atoms with Crippen LogP contribution in [0.4, 0.5) is 0 Å². The smallest absolute Gasteiger partial charge is 0.240 e. The molecular weight excluding hydrogens is 352 g/mol. The molecule has 4 nitrogen and oxygen atoms in total. The summed E-state index contributed by atoms with van der Waals surface area (Å²) in [7, 11) is -3.46. The van der Waals surface area contributed by atoms with Gasteiger partial charge in [0.1, 0.15) is 0 Å². The predicted molar refractivity (Wildman–Crippen MR) is 80.0 cm³/mol. The van der Waals surface area contributed by atoms with E-state index in [9.17, 15) is 8.42 Å². The van der Waals surface area contributed by atoms with Crippen LogP contribution in [0.15, 0.2) is 27.6 Å². The zero-order valence-corrected chi connectivity index (χ0v) is 13.5. The largest absolute Gasteiger partial charge is 0.314 e. The molecule has 1 aliphatic rings. The van der Waals surface area contributed by atoms with Crippen LogP contribution >= 0.6 is 27.5 Å². The van der Waals surface area contributed by atoms with E-state index in [-0.39, 0.29) is 4.90 Å². The first-order valence-electron chi connectivity index (χ1n) is 6.17. The molecule has 0 aliphatic carbocycles. The molecule has 1 aliphatic heterocycles. The van der Waals surface area contributed by atoms with Crippen molar-refractivity contribution in [1.82, 2.24) is 10.0 Å². The Morgan fingerprint density at radius 1 is 1.47 bits per heavy atom. The zero-order chi connectivity index (χ0) is 13.9. The molecule has 0 spiro atoms. The van der Waals surface area contributed by atoms with Gasteiger partial charge in [0.2, 0.25) is 10.0 Å². The molecule has 7 heteroatoms. The van der Waals surface area contributed by atoms with E-state index < -0.39 is 10.0 Å². The van der Waals surface area contributed by atoms with Crippen molar-refractivity contribution in [2.24, 2.45) is 0 Å². The van der Waals surface area contributed by atoms with Crippen LogP contribution in [0.5, 0.6) is 0 Å². The van der Waals surface area contributed by atoms with Gasteiger partial charge in [0.15, 0.2) is 0 Å². The Morgan fingerprint density at radius 2 is 2.26 bits per heavy atom. The second-order valence-electron chi connectivity index (χ2n) is 4.56. The summed E-state index contributed by atoms with van der Waals surface area (Å²) in [6.07, 6.45) is 3.10. The molecule has 1 saturated heterocycles. The molecule has 0 bridgehead atoms. The van der Waals surface area contributed by atoms with E-state index in [1.807, 2.05) is 0 Å². The molecule has 1 atom stereocenters. The molecule has 1 aromatic carbocycles. The standard InChI is InChI=1S/C12H16BrClN2O2S/c13-11-8-10(3-4-12(11)14)19(17,18)16-7-5-9-2-1-6-15-9/h3-4,8-9,15-16H,1-2,5-7H2. The SMILES string of the molecule is O=S(=O)(NCCC1CCCN1)c1ccc(Cl)c(Br)c1. The summed E-state index contributed by atoms with van der Waals surface area (Å²) < 4.78 is 27.3. The van der Waals surface area contributed by atoms with Crippen LogP contribution in [0.1, 0.15) is 19.3 Å². The quantitative estimate of drug-likeness (QED) is 0.841. The van der Waals surface area contributed by atoms with Gasteiger partial charge in [0, 0.05) is 17.1 Å². The Labute approximate surface area is 127 Å². The first-order valence-corrected chi connectivity index (χ1v) is 8.82. The van der Waals surface area contributed by atoms with Gasteiger partial charge in [-0.3, -0.25) is 0 Å². The van der Waals surface area contributed by atoms with E-state index in [0.717, 1.165) is 19.4 Å². The van der Waals surface area contributed by atoms with Crippen molar-refractivity contribution in [2.75, 3.05) is 13.1 Å². The number of benzene rings is 1. The molecule has 19 heavy (non-hydrogen) atoms. The van der Waals surface area contributed by atoms with Crippen molar-refractivity contribution in [3.63, 3.8) is 0 Å². The summed E-state index contributed by atoms with van der Waals surface area (Å²) >= 11 is 9.08. The molecule has 0 radical (unpaired) electrons. The Bertz CT molecular complexity index is 545. The maximum atomic E-state index is 12.1. The summed E-state index contributed by atoms with van der Waals surface area (Å²) in [5, 5.41) is 3.83. The zero-order valence-electron chi connectivity index (χ0n) is 10.3. The second-order valence-corrected chi connectivity index (χ2v) is 7.58. The average molecular weight is 368 g/mol. The lowest BCUT2D eigenvalue weighted by atomic mass is 10.2. The number of hydrogen-bond acceptors (Lipinski definition) is 3. The van der Waals surface area contributed by atoms with Gasteiger partial charge in [-0.25, -0.2) is 13.1 Å². The minimum Gasteiger partial charge on any atom is -0.314 e. The van der Waals surface area contributed by atoms with Crippen LogP contribution in [0.3, 0.4) is 0 Å². The molecule has 2 rings (SSSR count). The van der Waals surface area contributed by atoms with E-state index in [0.29, 0.717) is 22.1 Å². The normalized spacial score (nSPS) is 19.8. The van der Waals surface area contributed by atoms with E-state index in [2.05, 4.69) is 26.0 Å². The van der Waals surface area contributed by atoms with Crippen molar-refractivity contribution in [3.05, 3.63) is 27.7 Å². The Balaban J connectivity index is 1.95. The van der Waals surface area contributed by atoms with E-state index in [1.165, 1.54) is 18.6 Å². The third kappa shape index (κ3) is 4.16. The lowest BCUT2D eigenvalue weighted by Crippen LogP contribution is -2.30. The van der Waals surface area contributed by atoms with Crippen molar-refractivity contribution >= 4 is 37.6 Å². The van der Waals surface area contributed by atoms with Crippen LogP contribution in [0.25, 0.3) is 0 Å². The van der Waals surface area contributed by atoms with Crippen LogP contribution in [-0.4, -0.2) is 27.5 Å². The summed E-state index contributed by atoms with van der Waals surface area (Å²) in [6, 6.07) is 5.01. The fourth-order valence-electron chi connectivity index (χ4n) is 2.10. The second kappa shape index (κ2) is 6.54. The minimum atomic E-state index is -3.46. The molecule has 2 N–H and O–H groups in total. The fraction of sp³-hybridized carbons (Fsp3) is 0.500. The van der Waals surface area contributed by atoms with Gasteiger partial charge in [-0.1, -0.05) is 11.6 Å². The van der Waals surface area contributed by atoms with Crippen molar-refractivity contribution < 1.29 is 8.42 Å². The minimum absolute atomic E-state index is 0.225. The Hall–Kier alpha value is -0.140. The highest BCUT2D eigenvalue weighted by Gasteiger charge is 2.17. The first kappa shape index (κ1) is 15.3. The van der Waals surface area contributed by atoms with E-state index >= 15 is 0 Å². The van der Waals surface area contributed by atoms with Crippen LogP contribution < -0.4 is 10.0 Å². The van der Waals surface area contributed by atoms with Crippen LogP contribution in [0.2, 0.25) is 5.02 Å². The van der Waals surface area contributed by atoms with Gasteiger partial charge in [0.05, 0.1) is 9.92 Å². The maximum Gasteiger partial charge on any atom is 0.240 e. The number of hydrogen-bond donors (Lipinski definition) is 2. The summed E-state index contributed by atoms with van der Waals surface area (Å²) in [6.45, 7) is 1.47. The number of halogens is 2. The summed E-state index contributed by atoms with van der Waals surface area (Å²) in [4.78, 5) is 0.225. The van der Waals surface area contributed by atoms with E-state index in [1.54, 1.807) is 6.07 Å². The molecule has 1 heterocycles. The van der Waals surface area contributed by atoms with E-state index in [4.69, 9.17) is 11.6 Å².